The molecule has 0 saturated carbocycles. The third-order valence-electron chi connectivity index (χ3n) is 6.17. The highest BCUT2D eigenvalue weighted by atomic mass is 15.2. The van der Waals surface area contributed by atoms with Crippen molar-refractivity contribution in [3.63, 3.8) is 0 Å². The van der Waals surface area contributed by atoms with Crippen molar-refractivity contribution in [2.75, 3.05) is 4.90 Å². The molecule has 0 spiro atoms. The number of nitriles is 1. The quantitative estimate of drug-likeness (QED) is 0.258. The Morgan fingerprint density at radius 3 is 1.80 bits per heavy atom. The van der Waals surface area contributed by atoms with Gasteiger partial charge < -0.3 is 0 Å². The maximum absolute atomic E-state index is 9.31. The van der Waals surface area contributed by atoms with Gasteiger partial charge in [0.05, 0.1) is 16.9 Å². The molecule has 4 aromatic carbocycles. The van der Waals surface area contributed by atoms with Crippen molar-refractivity contribution in [3.8, 4) is 17.3 Å². The predicted octanol–water partition coefficient (Wildman–Crippen LogP) is 7.79. The molecule has 0 aliphatic carbocycles. The molecule has 6 aromatic rings. The fourth-order valence-electron chi connectivity index (χ4n) is 4.67. The summed E-state index contributed by atoms with van der Waals surface area (Å²) in [6.07, 6.45) is 3.46. The number of nitrogens with zero attached hydrogens (tertiary/aromatic N) is 4. The largest absolute Gasteiger partial charge is 0.294 e. The number of hydrogen-bond acceptors (Lipinski definition) is 4. The second-order valence-corrected chi connectivity index (χ2v) is 8.22. The minimum atomic E-state index is 0.530. The number of aromatic nitrogens is 2. The first kappa shape index (κ1) is 20.6. The lowest BCUT2D eigenvalue weighted by Crippen LogP contribution is -2.13. The van der Waals surface area contributed by atoms with Crippen LogP contribution >= 0.6 is 0 Å². The van der Waals surface area contributed by atoms with E-state index in [1.807, 2.05) is 48.7 Å². The van der Waals surface area contributed by atoms with Crippen LogP contribution in [0.25, 0.3) is 32.8 Å². The summed E-state index contributed by atoms with van der Waals surface area (Å²) in [5, 5.41) is 13.8. The summed E-state index contributed by atoms with van der Waals surface area (Å²) in [4.78, 5) is 11.6. The number of para-hydroxylation sites is 1. The van der Waals surface area contributed by atoms with Crippen molar-refractivity contribution in [2.24, 2.45) is 0 Å². The van der Waals surface area contributed by atoms with Crippen LogP contribution in [0.4, 0.5) is 17.2 Å². The van der Waals surface area contributed by atoms with Crippen molar-refractivity contribution in [2.45, 2.75) is 0 Å². The summed E-state index contributed by atoms with van der Waals surface area (Å²) in [5.41, 5.74) is 4.61. The molecule has 4 heteroatoms. The normalized spacial score (nSPS) is 10.8. The van der Waals surface area contributed by atoms with Crippen molar-refractivity contribution in [3.05, 3.63) is 127 Å². The Morgan fingerprint density at radius 2 is 1.23 bits per heavy atom. The molecular weight excluding hydrogens is 428 g/mol. The summed E-state index contributed by atoms with van der Waals surface area (Å²) in [7, 11) is 0. The molecular formula is C31H20N4. The van der Waals surface area contributed by atoms with Gasteiger partial charge in [0.2, 0.25) is 0 Å². The van der Waals surface area contributed by atoms with Crippen LogP contribution in [-0.2, 0) is 0 Å². The van der Waals surface area contributed by atoms with E-state index in [1.165, 1.54) is 0 Å². The lowest BCUT2D eigenvalue weighted by Gasteiger charge is -2.28. The van der Waals surface area contributed by atoms with E-state index >= 15 is 0 Å². The summed E-state index contributed by atoms with van der Waals surface area (Å²) in [6, 6.07) is 39.0. The maximum atomic E-state index is 9.31. The van der Waals surface area contributed by atoms with Crippen molar-refractivity contribution < 1.29 is 0 Å². The first-order valence-corrected chi connectivity index (χ1v) is 11.4. The average molecular weight is 449 g/mol. The lowest BCUT2D eigenvalue weighted by molar-refractivity contribution is 1.18. The molecule has 0 radical (unpaired) electrons. The first-order chi connectivity index (χ1) is 17.3. The highest BCUT2D eigenvalue weighted by molar-refractivity contribution is 6.21. The van der Waals surface area contributed by atoms with Crippen molar-refractivity contribution >= 4 is 38.7 Å². The van der Waals surface area contributed by atoms with Crippen LogP contribution < -0.4 is 4.90 Å². The molecule has 0 bridgehead atoms. The SMILES string of the molecule is N#Cc1ccc(N(c2ccccc2)c2c3ccccc3c(-c3ccccn3)c3ccccc23)nc1. The number of benzene rings is 4. The molecule has 6 rings (SSSR count). The summed E-state index contributed by atoms with van der Waals surface area (Å²) < 4.78 is 0. The van der Waals surface area contributed by atoms with E-state index in [-0.39, 0.29) is 0 Å². The third kappa shape index (κ3) is 3.56. The van der Waals surface area contributed by atoms with Gasteiger partial charge in [0.15, 0.2) is 0 Å². The number of hydrogen-bond donors (Lipinski definition) is 0. The molecule has 2 heterocycles. The van der Waals surface area contributed by atoms with Crippen LogP contribution in [0.1, 0.15) is 5.56 Å². The number of anilines is 3. The molecule has 0 amide bonds. The molecule has 0 N–H and O–H groups in total. The zero-order valence-electron chi connectivity index (χ0n) is 18.8. The molecule has 4 nitrogen and oxygen atoms in total. The highest BCUT2D eigenvalue weighted by Crippen LogP contribution is 2.47. The molecule has 0 unspecified atom stereocenters. The van der Waals surface area contributed by atoms with Gasteiger partial charge in [-0.1, -0.05) is 72.8 Å². The van der Waals surface area contributed by atoms with Gasteiger partial charge in [-0.15, -0.1) is 0 Å². The number of rotatable bonds is 4. The van der Waals surface area contributed by atoms with Gasteiger partial charge in [-0.3, -0.25) is 9.88 Å². The summed E-state index contributed by atoms with van der Waals surface area (Å²) in [6.45, 7) is 0. The molecule has 0 aliphatic rings. The molecule has 0 saturated heterocycles. The second kappa shape index (κ2) is 8.74. The molecule has 164 valence electrons. The minimum absolute atomic E-state index is 0.530. The minimum Gasteiger partial charge on any atom is -0.294 e. The second-order valence-electron chi connectivity index (χ2n) is 8.22. The van der Waals surface area contributed by atoms with E-state index in [0.29, 0.717) is 5.56 Å². The lowest BCUT2D eigenvalue weighted by atomic mass is 9.92. The molecule has 0 fully saturated rings. The van der Waals surface area contributed by atoms with Crippen LogP contribution in [0.5, 0.6) is 0 Å². The van der Waals surface area contributed by atoms with Crippen molar-refractivity contribution in [1.82, 2.24) is 9.97 Å². The number of pyridine rings is 2. The van der Waals surface area contributed by atoms with Gasteiger partial charge in [0.25, 0.3) is 0 Å². The molecule has 0 atom stereocenters. The highest BCUT2D eigenvalue weighted by Gasteiger charge is 2.22. The van der Waals surface area contributed by atoms with Crippen molar-refractivity contribution in [1.29, 1.82) is 5.26 Å². The smallest absolute Gasteiger partial charge is 0.137 e. The van der Waals surface area contributed by atoms with E-state index in [9.17, 15) is 5.26 Å². The zero-order chi connectivity index (χ0) is 23.6. The van der Waals surface area contributed by atoms with E-state index < -0.39 is 0 Å². The summed E-state index contributed by atoms with van der Waals surface area (Å²) in [5.74, 6) is 0.746. The van der Waals surface area contributed by atoms with Gasteiger partial charge in [0.1, 0.15) is 11.9 Å². The Balaban J connectivity index is 1.75. The standard InChI is InChI=1S/C31H20N4/c32-20-22-17-18-29(34-21-22)35(23-10-2-1-3-11-23)31-26-14-6-4-12-24(26)30(28-16-8-9-19-33-28)25-13-5-7-15-27(25)31/h1-19,21H. The molecule has 35 heavy (non-hydrogen) atoms. The number of fused-ring (bicyclic) bond motifs is 2. The van der Waals surface area contributed by atoms with Crippen LogP contribution in [-0.4, -0.2) is 9.97 Å². The Bertz CT molecular complexity index is 1630. The third-order valence-corrected chi connectivity index (χ3v) is 6.17. The zero-order valence-corrected chi connectivity index (χ0v) is 18.8. The fourth-order valence-corrected chi connectivity index (χ4v) is 4.67. The van der Waals surface area contributed by atoms with Gasteiger partial charge >= 0.3 is 0 Å². The van der Waals surface area contributed by atoms with E-state index in [0.717, 1.165) is 50.0 Å². The Labute approximate surface area is 203 Å². The maximum Gasteiger partial charge on any atom is 0.137 e. The van der Waals surface area contributed by atoms with E-state index in [4.69, 9.17) is 4.98 Å². The van der Waals surface area contributed by atoms with Gasteiger partial charge in [-0.25, -0.2) is 4.98 Å². The topological polar surface area (TPSA) is 52.8 Å². The van der Waals surface area contributed by atoms with Crippen LogP contribution in [0.15, 0.2) is 122 Å². The Morgan fingerprint density at radius 1 is 0.600 bits per heavy atom. The monoisotopic (exact) mass is 448 g/mol. The Kier molecular flexibility index (Phi) is 5.14. The van der Waals surface area contributed by atoms with Crippen LogP contribution in [0.3, 0.4) is 0 Å². The molecule has 0 aliphatic heterocycles. The van der Waals surface area contributed by atoms with E-state index in [1.54, 1.807) is 6.20 Å². The predicted molar refractivity (Wildman–Crippen MR) is 142 cm³/mol. The molecule has 2 aromatic heterocycles. The Hall–Kier alpha value is -5.01. The van der Waals surface area contributed by atoms with Crippen LogP contribution in [0, 0.1) is 11.3 Å². The van der Waals surface area contributed by atoms with Gasteiger partial charge in [0, 0.05) is 34.4 Å². The van der Waals surface area contributed by atoms with Gasteiger partial charge in [-0.2, -0.15) is 5.26 Å². The van der Waals surface area contributed by atoms with E-state index in [2.05, 4.69) is 82.7 Å². The summed E-state index contributed by atoms with van der Waals surface area (Å²) >= 11 is 0. The van der Waals surface area contributed by atoms with Crippen LogP contribution in [0.2, 0.25) is 0 Å². The van der Waals surface area contributed by atoms with Gasteiger partial charge in [-0.05, 0) is 47.2 Å². The average Bonchev–Trinajstić information content (AvgIpc) is 2.94. The first-order valence-electron chi connectivity index (χ1n) is 11.4. The fraction of sp³-hybridized carbons (Fsp3) is 0.